The molecule has 0 unspecified atom stereocenters. The zero-order valence-corrected chi connectivity index (χ0v) is 16.5. The normalized spacial score (nSPS) is 14.5. The smallest absolute Gasteiger partial charge is 0.255 e. The molecule has 0 saturated heterocycles. The molecule has 1 fully saturated rings. The van der Waals surface area contributed by atoms with Crippen molar-refractivity contribution in [2.75, 3.05) is 13.7 Å². The van der Waals surface area contributed by atoms with E-state index in [0.29, 0.717) is 31.0 Å². The predicted molar refractivity (Wildman–Crippen MR) is 104 cm³/mol. The molecule has 0 atom stereocenters. The van der Waals surface area contributed by atoms with Gasteiger partial charge in [-0.25, -0.2) is 0 Å². The summed E-state index contributed by atoms with van der Waals surface area (Å²) in [5.41, 5.74) is 3.62. The molecule has 1 aliphatic rings. The Morgan fingerprint density at radius 1 is 1.26 bits per heavy atom. The van der Waals surface area contributed by atoms with Gasteiger partial charge in [0.2, 0.25) is 0 Å². The highest BCUT2D eigenvalue weighted by atomic mass is 16.5. The van der Waals surface area contributed by atoms with Crippen LogP contribution in [0, 0.1) is 13.8 Å². The van der Waals surface area contributed by atoms with Crippen LogP contribution in [-0.4, -0.2) is 35.5 Å². The molecule has 2 aromatic rings. The molecule has 1 N–H and O–H groups in total. The number of aromatic nitrogens is 2. The minimum Gasteiger partial charge on any atom is -0.490 e. The Kier molecular flexibility index (Phi) is 6.50. The van der Waals surface area contributed by atoms with Crippen LogP contribution in [0.2, 0.25) is 0 Å². The molecule has 146 valence electrons. The fourth-order valence-electron chi connectivity index (χ4n) is 3.59. The highest BCUT2D eigenvalue weighted by Crippen LogP contribution is 2.26. The number of ether oxygens (including phenoxy) is 2. The van der Waals surface area contributed by atoms with E-state index >= 15 is 0 Å². The number of carbonyl (C=O) groups excluding carboxylic acids is 1. The maximum Gasteiger partial charge on any atom is 0.255 e. The molecule has 1 saturated carbocycles. The Balaban J connectivity index is 1.67. The van der Waals surface area contributed by atoms with E-state index in [1.807, 2.05) is 42.8 Å². The van der Waals surface area contributed by atoms with Crippen LogP contribution in [0.25, 0.3) is 0 Å². The van der Waals surface area contributed by atoms with Crippen molar-refractivity contribution in [3.8, 4) is 5.75 Å². The van der Waals surface area contributed by atoms with E-state index in [0.717, 1.165) is 29.8 Å². The van der Waals surface area contributed by atoms with Crippen LogP contribution in [0.5, 0.6) is 5.75 Å². The van der Waals surface area contributed by atoms with Crippen LogP contribution in [0.3, 0.4) is 0 Å². The molecule has 0 radical (unpaired) electrons. The van der Waals surface area contributed by atoms with Gasteiger partial charge in [-0.05, 0) is 51.7 Å². The standard InChI is InChI=1S/C21H29N3O3/c1-15-19(16(2)24(23-15)12-13-26-3)14-22-21(25)18-10-6-7-11-20(18)27-17-8-4-5-9-17/h6-7,10-11,17H,4-5,8-9,12-14H2,1-3H3,(H,22,25). The lowest BCUT2D eigenvalue weighted by Crippen LogP contribution is -2.25. The molecule has 1 amide bonds. The van der Waals surface area contributed by atoms with Crippen molar-refractivity contribution in [1.82, 2.24) is 15.1 Å². The lowest BCUT2D eigenvalue weighted by Gasteiger charge is -2.16. The number of hydrogen-bond acceptors (Lipinski definition) is 4. The summed E-state index contributed by atoms with van der Waals surface area (Å²) in [6, 6.07) is 7.48. The van der Waals surface area contributed by atoms with Crippen molar-refractivity contribution in [3.05, 3.63) is 46.8 Å². The first-order valence-electron chi connectivity index (χ1n) is 9.66. The second-order valence-corrected chi connectivity index (χ2v) is 7.07. The second-order valence-electron chi connectivity index (χ2n) is 7.07. The number of amides is 1. The molecule has 3 rings (SSSR count). The molecule has 0 aliphatic heterocycles. The van der Waals surface area contributed by atoms with Crippen molar-refractivity contribution in [2.45, 2.75) is 58.7 Å². The number of methoxy groups -OCH3 is 1. The molecular formula is C21H29N3O3. The lowest BCUT2D eigenvalue weighted by molar-refractivity contribution is 0.0943. The summed E-state index contributed by atoms with van der Waals surface area (Å²) >= 11 is 0. The van der Waals surface area contributed by atoms with Crippen molar-refractivity contribution >= 4 is 5.91 Å². The SMILES string of the molecule is COCCn1nc(C)c(CNC(=O)c2ccccc2OC2CCCC2)c1C. The Hall–Kier alpha value is -2.34. The van der Waals surface area contributed by atoms with Crippen molar-refractivity contribution < 1.29 is 14.3 Å². The molecule has 1 aromatic carbocycles. The van der Waals surface area contributed by atoms with Gasteiger partial charge in [0.1, 0.15) is 5.75 Å². The molecular weight excluding hydrogens is 342 g/mol. The predicted octanol–water partition coefficient (Wildman–Crippen LogP) is 3.40. The molecule has 1 heterocycles. The number of benzene rings is 1. The van der Waals surface area contributed by atoms with Gasteiger partial charge < -0.3 is 14.8 Å². The quantitative estimate of drug-likeness (QED) is 0.772. The van der Waals surface area contributed by atoms with Crippen LogP contribution in [0.4, 0.5) is 0 Å². The average molecular weight is 371 g/mol. The number of carbonyl (C=O) groups is 1. The van der Waals surface area contributed by atoms with E-state index in [9.17, 15) is 4.79 Å². The first kappa shape index (κ1) is 19.4. The van der Waals surface area contributed by atoms with E-state index < -0.39 is 0 Å². The Bertz CT molecular complexity index is 779. The lowest BCUT2D eigenvalue weighted by atomic mass is 10.1. The van der Waals surface area contributed by atoms with Gasteiger partial charge in [0.25, 0.3) is 5.91 Å². The monoisotopic (exact) mass is 371 g/mol. The van der Waals surface area contributed by atoms with Crippen LogP contribution >= 0.6 is 0 Å². The summed E-state index contributed by atoms with van der Waals surface area (Å²) < 4.78 is 13.1. The highest BCUT2D eigenvalue weighted by molar-refractivity contribution is 5.96. The van der Waals surface area contributed by atoms with Gasteiger partial charge in [-0.1, -0.05) is 12.1 Å². The number of hydrogen-bond donors (Lipinski definition) is 1. The third kappa shape index (κ3) is 4.69. The van der Waals surface area contributed by atoms with Gasteiger partial charge in [0.05, 0.1) is 30.5 Å². The van der Waals surface area contributed by atoms with E-state index in [4.69, 9.17) is 9.47 Å². The number of nitrogens with one attached hydrogen (secondary N) is 1. The zero-order chi connectivity index (χ0) is 19.2. The second kappa shape index (κ2) is 9.04. The van der Waals surface area contributed by atoms with Gasteiger partial charge in [-0.15, -0.1) is 0 Å². The van der Waals surface area contributed by atoms with Crippen molar-refractivity contribution in [1.29, 1.82) is 0 Å². The fourth-order valence-corrected chi connectivity index (χ4v) is 3.59. The zero-order valence-electron chi connectivity index (χ0n) is 16.5. The van der Waals surface area contributed by atoms with Crippen molar-refractivity contribution in [2.24, 2.45) is 0 Å². The molecule has 1 aliphatic carbocycles. The molecule has 1 aromatic heterocycles. The van der Waals surface area contributed by atoms with E-state index in [1.54, 1.807) is 7.11 Å². The molecule has 27 heavy (non-hydrogen) atoms. The third-order valence-electron chi connectivity index (χ3n) is 5.19. The maximum absolute atomic E-state index is 12.8. The van der Waals surface area contributed by atoms with Gasteiger partial charge in [-0.3, -0.25) is 9.48 Å². The first-order valence-corrected chi connectivity index (χ1v) is 9.66. The summed E-state index contributed by atoms with van der Waals surface area (Å²) in [5.74, 6) is 0.554. The number of rotatable bonds is 8. The third-order valence-corrected chi connectivity index (χ3v) is 5.19. The van der Waals surface area contributed by atoms with Gasteiger partial charge in [0.15, 0.2) is 0 Å². The van der Waals surface area contributed by atoms with Gasteiger partial charge in [0, 0.05) is 24.9 Å². The van der Waals surface area contributed by atoms with Gasteiger partial charge >= 0.3 is 0 Å². The summed E-state index contributed by atoms with van der Waals surface area (Å²) in [6.07, 6.45) is 4.75. The minimum atomic E-state index is -0.118. The summed E-state index contributed by atoms with van der Waals surface area (Å²) in [4.78, 5) is 12.8. The Morgan fingerprint density at radius 2 is 2.00 bits per heavy atom. The van der Waals surface area contributed by atoms with E-state index in [-0.39, 0.29) is 12.0 Å². The van der Waals surface area contributed by atoms with Crippen LogP contribution in [0.15, 0.2) is 24.3 Å². The number of nitrogens with zero attached hydrogens (tertiary/aromatic N) is 2. The summed E-state index contributed by atoms with van der Waals surface area (Å²) in [7, 11) is 1.68. The Morgan fingerprint density at radius 3 is 2.74 bits per heavy atom. The largest absolute Gasteiger partial charge is 0.490 e. The number of para-hydroxylation sites is 1. The van der Waals surface area contributed by atoms with Crippen LogP contribution < -0.4 is 10.1 Å². The van der Waals surface area contributed by atoms with Crippen LogP contribution in [-0.2, 0) is 17.8 Å². The summed E-state index contributed by atoms with van der Waals surface area (Å²) in [5, 5.41) is 7.57. The fraction of sp³-hybridized carbons (Fsp3) is 0.524. The number of aryl methyl sites for hydroxylation is 1. The average Bonchev–Trinajstić information content (AvgIpc) is 3.27. The highest BCUT2D eigenvalue weighted by Gasteiger charge is 2.20. The topological polar surface area (TPSA) is 65.4 Å². The van der Waals surface area contributed by atoms with Crippen LogP contribution in [0.1, 0.15) is 53.0 Å². The Labute approximate surface area is 160 Å². The summed E-state index contributed by atoms with van der Waals surface area (Å²) in [6.45, 7) is 5.75. The van der Waals surface area contributed by atoms with E-state index in [2.05, 4.69) is 10.4 Å². The first-order chi connectivity index (χ1) is 13.1. The maximum atomic E-state index is 12.8. The molecule has 0 bridgehead atoms. The molecule has 6 heteroatoms. The molecule has 6 nitrogen and oxygen atoms in total. The van der Waals surface area contributed by atoms with Crippen molar-refractivity contribution in [3.63, 3.8) is 0 Å². The minimum absolute atomic E-state index is 0.118. The van der Waals surface area contributed by atoms with Gasteiger partial charge in [-0.2, -0.15) is 5.10 Å². The molecule has 0 spiro atoms. The van der Waals surface area contributed by atoms with E-state index in [1.165, 1.54) is 12.8 Å².